The molecule has 10 heteroatoms. The highest BCUT2D eigenvalue weighted by Crippen LogP contribution is 2.40. The van der Waals surface area contributed by atoms with Gasteiger partial charge in [-0.1, -0.05) is 6.07 Å². The summed E-state index contributed by atoms with van der Waals surface area (Å²) >= 11 is 0. The summed E-state index contributed by atoms with van der Waals surface area (Å²) < 4.78 is 35.3. The molecule has 2 unspecified atom stereocenters. The summed E-state index contributed by atoms with van der Waals surface area (Å²) in [5.74, 6) is -3.18. The van der Waals surface area contributed by atoms with Crippen molar-refractivity contribution in [2.45, 2.75) is 31.2 Å². The number of ether oxygens (including phenoxy) is 1. The second-order valence-corrected chi connectivity index (χ2v) is 7.86. The first-order valence-corrected chi connectivity index (χ1v) is 10.5. The van der Waals surface area contributed by atoms with Crippen LogP contribution in [-0.4, -0.2) is 45.8 Å². The summed E-state index contributed by atoms with van der Waals surface area (Å²) in [6, 6.07) is 10.7. The van der Waals surface area contributed by atoms with E-state index in [0.29, 0.717) is 27.7 Å². The monoisotopic (exact) mass is 455 g/mol. The van der Waals surface area contributed by atoms with Gasteiger partial charge in [-0.2, -0.15) is 4.73 Å². The van der Waals surface area contributed by atoms with E-state index >= 15 is 0 Å². The molecule has 1 N–H and O–H groups in total. The average molecular weight is 455 g/mol. The molecule has 33 heavy (non-hydrogen) atoms. The quantitative estimate of drug-likeness (QED) is 0.453. The molecule has 1 aliphatic heterocycles. The lowest BCUT2D eigenvalue weighted by Gasteiger charge is -2.40. The first-order chi connectivity index (χ1) is 15.8. The van der Waals surface area contributed by atoms with Crippen LogP contribution in [0.1, 0.15) is 24.8 Å². The summed E-state index contributed by atoms with van der Waals surface area (Å²) in [5.41, 5.74) is 0.370. The van der Waals surface area contributed by atoms with Crippen molar-refractivity contribution >= 4 is 11.7 Å². The summed E-state index contributed by atoms with van der Waals surface area (Å²) in [5, 5.41) is 14.0. The van der Waals surface area contributed by atoms with E-state index in [1.54, 1.807) is 48.4 Å². The third-order valence-corrected chi connectivity index (χ3v) is 5.66. The molecule has 0 spiro atoms. The fourth-order valence-electron chi connectivity index (χ4n) is 3.72. The van der Waals surface area contributed by atoms with Gasteiger partial charge < -0.3 is 15.3 Å². The van der Waals surface area contributed by atoms with Gasteiger partial charge in [0.2, 0.25) is 11.8 Å². The Morgan fingerprint density at radius 1 is 1.24 bits per heavy atom. The van der Waals surface area contributed by atoms with E-state index in [0.717, 1.165) is 0 Å². The van der Waals surface area contributed by atoms with E-state index < -0.39 is 17.9 Å². The number of carbonyl (C=O) groups is 1. The minimum Gasteiger partial charge on any atom is -0.619 e. The molecule has 8 nitrogen and oxygen atoms in total. The first-order valence-electron chi connectivity index (χ1n) is 10.5. The minimum atomic E-state index is -2.92. The smallest absolute Gasteiger partial charge is 0.257 e. The van der Waals surface area contributed by atoms with Gasteiger partial charge in [-0.15, -0.1) is 0 Å². The Balaban J connectivity index is 1.38. The fourth-order valence-corrected chi connectivity index (χ4v) is 3.72. The maximum atomic E-state index is 14.6. The summed E-state index contributed by atoms with van der Waals surface area (Å²) in [6.07, 6.45) is 5.10. The molecule has 0 aromatic carbocycles. The molecular weight excluding hydrogens is 432 g/mol. The van der Waals surface area contributed by atoms with Gasteiger partial charge in [0.05, 0.1) is 18.2 Å². The van der Waals surface area contributed by atoms with Gasteiger partial charge in [-0.25, -0.2) is 18.7 Å². The number of nitrogens with zero attached hydrogens (tertiary/aromatic N) is 4. The van der Waals surface area contributed by atoms with E-state index in [2.05, 4.69) is 15.3 Å². The molecule has 0 radical (unpaired) electrons. The number of alkyl halides is 2. The van der Waals surface area contributed by atoms with E-state index in [-0.39, 0.29) is 25.4 Å². The fraction of sp³-hybridized carbons (Fsp3) is 0.304. The normalized spacial score (nSPS) is 18.9. The van der Waals surface area contributed by atoms with Crippen LogP contribution in [0.5, 0.6) is 11.6 Å². The highest BCUT2D eigenvalue weighted by atomic mass is 19.3. The Kier molecular flexibility index (Phi) is 6.45. The van der Waals surface area contributed by atoms with E-state index in [1.807, 2.05) is 0 Å². The predicted molar refractivity (Wildman–Crippen MR) is 116 cm³/mol. The zero-order chi connectivity index (χ0) is 23.4. The highest BCUT2D eigenvalue weighted by Gasteiger charge is 2.46. The van der Waals surface area contributed by atoms with Crippen molar-refractivity contribution in [2.75, 3.05) is 18.4 Å². The van der Waals surface area contributed by atoms with Crippen molar-refractivity contribution < 1.29 is 23.0 Å². The van der Waals surface area contributed by atoms with Gasteiger partial charge in [0.25, 0.3) is 5.92 Å². The number of likely N-dealkylation sites (tertiary alicyclic amines) is 1. The lowest BCUT2D eigenvalue weighted by molar-refractivity contribution is -0.605. The van der Waals surface area contributed by atoms with Crippen LogP contribution in [0.4, 0.5) is 14.6 Å². The zero-order valence-corrected chi connectivity index (χ0v) is 17.9. The molecule has 0 aliphatic carbocycles. The number of amides is 1. The molecule has 172 valence electrons. The lowest BCUT2D eigenvalue weighted by Crippen LogP contribution is -2.52. The van der Waals surface area contributed by atoms with Gasteiger partial charge in [-0.05, 0) is 30.7 Å². The van der Waals surface area contributed by atoms with Gasteiger partial charge in [0, 0.05) is 43.9 Å². The van der Waals surface area contributed by atoms with Crippen LogP contribution in [0.25, 0.3) is 0 Å². The molecule has 0 bridgehead atoms. The van der Waals surface area contributed by atoms with E-state index in [9.17, 15) is 18.8 Å². The van der Waals surface area contributed by atoms with Gasteiger partial charge in [0.1, 0.15) is 11.6 Å². The lowest BCUT2D eigenvalue weighted by atomic mass is 9.87. The third kappa shape index (κ3) is 5.40. The number of hydrogen-bond donors (Lipinski definition) is 1. The summed E-state index contributed by atoms with van der Waals surface area (Å²) in [4.78, 5) is 22.7. The van der Waals surface area contributed by atoms with Crippen LogP contribution in [-0.2, 0) is 4.79 Å². The van der Waals surface area contributed by atoms with Crippen LogP contribution in [0.15, 0.2) is 67.3 Å². The molecule has 1 aliphatic rings. The Hall–Kier alpha value is -3.66. The van der Waals surface area contributed by atoms with Crippen LogP contribution in [0, 0.1) is 5.21 Å². The van der Waals surface area contributed by atoms with E-state index in [4.69, 9.17) is 4.74 Å². The molecule has 4 heterocycles. The maximum absolute atomic E-state index is 14.6. The predicted octanol–water partition coefficient (Wildman–Crippen LogP) is 3.35. The van der Waals surface area contributed by atoms with Crippen LogP contribution in [0.2, 0.25) is 0 Å². The third-order valence-electron chi connectivity index (χ3n) is 5.66. The number of hydrogen-bond acceptors (Lipinski definition) is 6. The maximum Gasteiger partial charge on any atom is 0.257 e. The summed E-state index contributed by atoms with van der Waals surface area (Å²) in [7, 11) is 0. The van der Waals surface area contributed by atoms with Crippen molar-refractivity contribution in [3.05, 3.63) is 78.0 Å². The van der Waals surface area contributed by atoms with Crippen LogP contribution < -0.4 is 14.8 Å². The highest BCUT2D eigenvalue weighted by molar-refractivity contribution is 5.93. The van der Waals surface area contributed by atoms with Crippen molar-refractivity contribution in [1.82, 2.24) is 14.9 Å². The number of nitrogens with one attached hydrogen (secondary N) is 1. The molecule has 1 fully saturated rings. The molecule has 1 saturated heterocycles. The molecule has 4 rings (SSSR count). The molecule has 2 atom stereocenters. The van der Waals surface area contributed by atoms with Crippen molar-refractivity contribution in [3.63, 3.8) is 0 Å². The number of carbonyl (C=O) groups excluding carboxylic acids is 1. The molecule has 3 aromatic rings. The number of halogens is 2. The molecular formula is C23H23F2N5O3. The number of piperidine rings is 1. The Morgan fingerprint density at radius 3 is 2.70 bits per heavy atom. The van der Waals surface area contributed by atoms with Crippen LogP contribution in [0.3, 0.4) is 0 Å². The first kappa shape index (κ1) is 22.5. The second-order valence-electron chi connectivity index (χ2n) is 7.86. The SMILES string of the molecule is CC(C(=O)Nc1ccc(Oc2ccccn2)cn1)N1CCC(F)(F)C(c2cc[n+]([O-])cc2)C1. The number of rotatable bonds is 6. The van der Waals surface area contributed by atoms with Crippen molar-refractivity contribution in [1.29, 1.82) is 0 Å². The standard InChI is InChI=1S/C23H23F2N5O3/c1-16(29-13-9-23(24,25)19(15-29)17-7-11-30(32)12-8-17)22(31)28-20-6-5-18(14-27-20)33-21-4-2-3-10-26-21/h2-8,10-12,14,16,19H,9,13,15H2,1H3,(H,27,28,31). The number of aromatic nitrogens is 3. The van der Waals surface area contributed by atoms with Crippen LogP contribution >= 0.6 is 0 Å². The molecule has 0 saturated carbocycles. The van der Waals surface area contributed by atoms with Gasteiger partial charge >= 0.3 is 0 Å². The Labute approximate surface area is 189 Å². The largest absolute Gasteiger partial charge is 0.619 e. The summed E-state index contributed by atoms with van der Waals surface area (Å²) in [6.45, 7) is 1.75. The zero-order valence-electron chi connectivity index (χ0n) is 17.9. The molecule has 1 amide bonds. The van der Waals surface area contributed by atoms with Gasteiger partial charge in [-0.3, -0.25) is 9.69 Å². The Morgan fingerprint density at radius 2 is 2.03 bits per heavy atom. The van der Waals surface area contributed by atoms with E-state index in [1.165, 1.54) is 30.7 Å². The molecule has 3 aromatic heterocycles. The number of pyridine rings is 3. The Bertz CT molecular complexity index is 1080. The number of anilines is 1. The van der Waals surface area contributed by atoms with Gasteiger partial charge in [0.15, 0.2) is 12.4 Å². The average Bonchev–Trinajstić information content (AvgIpc) is 2.81. The second kappa shape index (κ2) is 9.45. The topological polar surface area (TPSA) is 94.3 Å². The van der Waals surface area contributed by atoms with Crippen molar-refractivity contribution in [2.24, 2.45) is 0 Å². The van der Waals surface area contributed by atoms with Crippen molar-refractivity contribution in [3.8, 4) is 11.6 Å². The minimum absolute atomic E-state index is 0.00522.